The normalized spacial score (nSPS) is 10.6. The van der Waals surface area contributed by atoms with Crippen molar-refractivity contribution in [1.82, 2.24) is 0 Å². The van der Waals surface area contributed by atoms with Crippen LogP contribution < -0.4 is 30.7 Å². The van der Waals surface area contributed by atoms with Crippen LogP contribution >= 0.6 is 0 Å². The van der Waals surface area contributed by atoms with Crippen molar-refractivity contribution in [3.05, 3.63) is 54.7 Å². The molecule has 0 saturated carbocycles. The van der Waals surface area contributed by atoms with E-state index in [9.17, 15) is 9.90 Å². The standard InChI is InChI=1S/C19H22IO5/c1-4-25-18(22)11-13-5-7-15(8-6-13)20-19-16(23-2)9-14(12-21)10-17(19)24-3/h5-10,21H,4,11-12H2,1-3H3/q-1. The van der Waals surface area contributed by atoms with Gasteiger partial charge >= 0.3 is 158 Å². The van der Waals surface area contributed by atoms with Crippen LogP contribution in [0.15, 0.2) is 36.4 Å². The van der Waals surface area contributed by atoms with Gasteiger partial charge in [0.25, 0.3) is 0 Å². The number of ether oxygens (including phenoxy) is 3. The summed E-state index contributed by atoms with van der Waals surface area (Å²) in [4.78, 5) is 11.5. The molecule has 6 heteroatoms. The van der Waals surface area contributed by atoms with Gasteiger partial charge in [-0.2, -0.15) is 0 Å². The van der Waals surface area contributed by atoms with Gasteiger partial charge in [-0.05, 0) is 0 Å². The van der Waals surface area contributed by atoms with Gasteiger partial charge in [0.05, 0.1) is 0 Å². The molecule has 0 fully saturated rings. The molecule has 136 valence electrons. The second-order valence-corrected chi connectivity index (χ2v) is 8.04. The van der Waals surface area contributed by atoms with Crippen molar-refractivity contribution < 1.29 is 45.3 Å². The third-order valence-electron chi connectivity index (χ3n) is 3.46. The molecule has 0 aliphatic rings. The summed E-state index contributed by atoms with van der Waals surface area (Å²) < 4.78 is 18.1. The number of esters is 1. The van der Waals surface area contributed by atoms with Crippen molar-refractivity contribution in [2.45, 2.75) is 20.0 Å². The monoisotopic (exact) mass is 457 g/mol. The first-order valence-corrected chi connectivity index (χ1v) is 10.0. The summed E-state index contributed by atoms with van der Waals surface area (Å²) in [6.45, 7) is 2.13. The predicted octanol–water partition coefficient (Wildman–Crippen LogP) is -0.570. The van der Waals surface area contributed by atoms with Gasteiger partial charge < -0.3 is 0 Å². The van der Waals surface area contributed by atoms with E-state index < -0.39 is 21.2 Å². The summed E-state index contributed by atoms with van der Waals surface area (Å²) in [5, 5.41) is 9.36. The third-order valence-corrected chi connectivity index (χ3v) is 6.40. The molecule has 0 aliphatic carbocycles. The molecule has 2 rings (SSSR count). The van der Waals surface area contributed by atoms with Crippen LogP contribution in [0.4, 0.5) is 0 Å². The quantitative estimate of drug-likeness (QED) is 0.425. The summed E-state index contributed by atoms with van der Waals surface area (Å²) in [6.07, 6.45) is 0.282. The molecule has 0 aliphatic heterocycles. The number of rotatable bonds is 8. The Kier molecular flexibility index (Phi) is 7.52. The number of aliphatic hydroxyl groups is 1. The van der Waals surface area contributed by atoms with Crippen molar-refractivity contribution in [2.24, 2.45) is 0 Å². The van der Waals surface area contributed by atoms with Gasteiger partial charge in [-0.15, -0.1) is 0 Å². The van der Waals surface area contributed by atoms with E-state index in [1.54, 1.807) is 21.1 Å². The molecule has 0 radical (unpaired) electrons. The molecule has 0 spiro atoms. The number of benzene rings is 2. The van der Waals surface area contributed by atoms with Gasteiger partial charge in [0, 0.05) is 0 Å². The number of carbonyl (C=O) groups excluding carboxylic acids is 1. The fourth-order valence-corrected chi connectivity index (χ4v) is 4.89. The van der Waals surface area contributed by atoms with E-state index in [1.165, 1.54) is 3.57 Å². The Morgan fingerprint density at radius 1 is 1.04 bits per heavy atom. The molecule has 0 bridgehead atoms. The molecule has 2 aromatic rings. The van der Waals surface area contributed by atoms with Gasteiger partial charge in [-0.25, -0.2) is 0 Å². The summed E-state index contributed by atoms with van der Waals surface area (Å²) in [7, 11) is 3.23. The van der Waals surface area contributed by atoms with Crippen molar-refractivity contribution in [3.63, 3.8) is 0 Å². The zero-order valence-electron chi connectivity index (χ0n) is 14.5. The molecule has 0 saturated heterocycles. The Balaban J connectivity index is 2.20. The number of methoxy groups -OCH3 is 2. The Morgan fingerprint density at radius 2 is 1.64 bits per heavy atom. The summed E-state index contributed by atoms with van der Waals surface area (Å²) in [6, 6.07) is 11.6. The van der Waals surface area contributed by atoms with Crippen LogP contribution in [-0.2, 0) is 22.6 Å². The number of hydrogen-bond acceptors (Lipinski definition) is 5. The van der Waals surface area contributed by atoms with Crippen LogP contribution in [0.5, 0.6) is 11.5 Å². The summed E-state index contributed by atoms with van der Waals surface area (Å²) in [5.41, 5.74) is 1.69. The van der Waals surface area contributed by atoms with Crippen molar-refractivity contribution in [2.75, 3.05) is 20.8 Å². The van der Waals surface area contributed by atoms with E-state index in [0.29, 0.717) is 6.61 Å². The number of halogens is 1. The minimum absolute atomic E-state index is 0.0616. The molecule has 0 amide bonds. The Bertz CT molecular complexity index is 687. The van der Waals surface area contributed by atoms with Gasteiger partial charge in [-0.1, -0.05) is 0 Å². The molecule has 25 heavy (non-hydrogen) atoms. The first-order valence-electron chi connectivity index (χ1n) is 7.86. The number of aliphatic hydroxyl groups excluding tert-OH is 1. The molecule has 2 aromatic carbocycles. The number of hydrogen-bond donors (Lipinski definition) is 1. The second-order valence-electron chi connectivity index (χ2n) is 5.18. The maximum atomic E-state index is 11.5. The van der Waals surface area contributed by atoms with Crippen molar-refractivity contribution in [3.8, 4) is 11.5 Å². The van der Waals surface area contributed by atoms with Crippen molar-refractivity contribution >= 4 is 5.97 Å². The van der Waals surface area contributed by atoms with E-state index in [-0.39, 0.29) is 19.0 Å². The third kappa shape index (κ3) is 5.34. The van der Waals surface area contributed by atoms with Gasteiger partial charge in [0.15, 0.2) is 0 Å². The number of carbonyl (C=O) groups is 1. The topological polar surface area (TPSA) is 65.0 Å². The van der Waals surface area contributed by atoms with E-state index in [0.717, 1.165) is 26.2 Å². The predicted molar refractivity (Wildman–Crippen MR) is 89.6 cm³/mol. The maximum absolute atomic E-state index is 11.5. The van der Waals surface area contributed by atoms with Gasteiger partial charge in [0.1, 0.15) is 0 Å². The van der Waals surface area contributed by atoms with E-state index in [2.05, 4.69) is 0 Å². The molecule has 0 atom stereocenters. The van der Waals surface area contributed by atoms with Gasteiger partial charge in [0.2, 0.25) is 0 Å². The summed E-state index contributed by atoms with van der Waals surface area (Å²) >= 11 is -0.534. The molecule has 0 unspecified atom stereocenters. The zero-order valence-corrected chi connectivity index (χ0v) is 16.7. The Morgan fingerprint density at radius 3 is 2.12 bits per heavy atom. The second kappa shape index (κ2) is 9.62. The molecule has 5 nitrogen and oxygen atoms in total. The van der Waals surface area contributed by atoms with Crippen LogP contribution in [0.1, 0.15) is 18.1 Å². The summed E-state index contributed by atoms with van der Waals surface area (Å²) in [5.74, 6) is 1.24. The molecule has 0 heterocycles. The van der Waals surface area contributed by atoms with Crippen LogP contribution in [0, 0.1) is 7.14 Å². The van der Waals surface area contributed by atoms with Crippen LogP contribution in [0.3, 0.4) is 0 Å². The minimum atomic E-state index is -0.534. The van der Waals surface area contributed by atoms with E-state index >= 15 is 0 Å². The molecular formula is C19H22IO5-. The molecular weight excluding hydrogens is 435 g/mol. The molecule has 1 N–H and O–H groups in total. The van der Waals surface area contributed by atoms with Crippen molar-refractivity contribution in [1.29, 1.82) is 0 Å². The van der Waals surface area contributed by atoms with Crippen LogP contribution in [-0.4, -0.2) is 31.9 Å². The molecule has 0 aromatic heterocycles. The van der Waals surface area contributed by atoms with Crippen LogP contribution in [0.25, 0.3) is 0 Å². The Hall–Kier alpha value is -1.80. The first-order chi connectivity index (χ1) is 12.1. The first kappa shape index (κ1) is 19.5. The van der Waals surface area contributed by atoms with Crippen LogP contribution in [0.2, 0.25) is 0 Å². The average molecular weight is 457 g/mol. The Labute approximate surface area is 158 Å². The fraction of sp³-hybridized carbons (Fsp3) is 0.316. The average Bonchev–Trinajstić information content (AvgIpc) is 2.63. The zero-order chi connectivity index (χ0) is 18.2. The fourth-order valence-electron chi connectivity index (χ4n) is 2.26. The van der Waals surface area contributed by atoms with E-state index in [4.69, 9.17) is 14.2 Å². The SMILES string of the molecule is CCOC(=O)Cc1ccc([I-]c2c(OC)cc(CO)cc2OC)cc1. The van der Waals surface area contributed by atoms with Gasteiger partial charge in [-0.3, -0.25) is 0 Å². The van der Waals surface area contributed by atoms with E-state index in [1.807, 2.05) is 36.4 Å².